The predicted octanol–water partition coefficient (Wildman–Crippen LogP) is 1.34. The van der Waals surface area contributed by atoms with Gasteiger partial charge in [0.15, 0.2) is 0 Å². The molecule has 1 aromatic carbocycles. The Kier molecular flexibility index (Phi) is 5.44. The number of hydrogen-bond acceptors (Lipinski definition) is 4. The maximum absolute atomic E-state index is 12.1. The largest absolute Gasteiger partial charge is 0.497 e. The van der Waals surface area contributed by atoms with Gasteiger partial charge in [0.2, 0.25) is 0 Å². The van der Waals surface area contributed by atoms with Gasteiger partial charge in [-0.3, -0.25) is 4.21 Å². The molecule has 1 atom stereocenters. The van der Waals surface area contributed by atoms with Crippen molar-refractivity contribution in [1.29, 1.82) is 0 Å². The third kappa shape index (κ3) is 4.36. The van der Waals surface area contributed by atoms with E-state index in [0.29, 0.717) is 22.1 Å². The van der Waals surface area contributed by atoms with Crippen LogP contribution in [0, 0.1) is 0 Å². The second-order valence-electron chi connectivity index (χ2n) is 4.11. The fourth-order valence-electron chi connectivity index (χ4n) is 1.46. The first kappa shape index (κ1) is 14.0. The van der Waals surface area contributed by atoms with Crippen LogP contribution in [0.15, 0.2) is 23.1 Å². The molecule has 0 saturated heterocycles. The number of benzene rings is 1. The van der Waals surface area contributed by atoms with Gasteiger partial charge in [-0.05, 0) is 45.3 Å². The monoisotopic (exact) mass is 256 g/mol. The third-order valence-electron chi connectivity index (χ3n) is 2.40. The van der Waals surface area contributed by atoms with Crippen molar-refractivity contribution in [1.82, 2.24) is 4.90 Å². The molecule has 4 nitrogen and oxygen atoms in total. The molecule has 5 heteroatoms. The van der Waals surface area contributed by atoms with Gasteiger partial charge in [0.25, 0.3) is 0 Å². The Balaban J connectivity index is 2.67. The molecule has 0 heterocycles. The van der Waals surface area contributed by atoms with Gasteiger partial charge < -0.3 is 15.4 Å². The summed E-state index contributed by atoms with van der Waals surface area (Å²) in [5, 5.41) is 0. The topological polar surface area (TPSA) is 55.6 Å². The molecule has 2 N–H and O–H groups in total. The van der Waals surface area contributed by atoms with Gasteiger partial charge in [0.1, 0.15) is 5.75 Å². The molecular formula is C12H20N2O2S. The quantitative estimate of drug-likeness (QED) is 0.780. The van der Waals surface area contributed by atoms with E-state index in [2.05, 4.69) is 4.90 Å². The van der Waals surface area contributed by atoms with Crippen molar-refractivity contribution in [2.45, 2.75) is 11.3 Å². The second kappa shape index (κ2) is 6.61. The van der Waals surface area contributed by atoms with Gasteiger partial charge >= 0.3 is 0 Å². The lowest BCUT2D eigenvalue weighted by Gasteiger charge is -2.10. The average molecular weight is 256 g/mol. The summed E-state index contributed by atoms with van der Waals surface area (Å²) >= 11 is 0. The Morgan fingerprint density at radius 2 is 2.12 bits per heavy atom. The van der Waals surface area contributed by atoms with Crippen molar-refractivity contribution in [3.63, 3.8) is 0 Å². The fourth-order valence-corrected chi connectivity index (χ4v) is 2.65. The second-order valence-corrected chi connectivity index (χ2v) is 5.65. The maximum Gasteiger partial charge on any atom is 0.120 e. The van der Waals surface area contributed by atoms with E-state index in [-0.39, 0.29) is 0 Å². The Hall–Kier alpha value is -1.07. The van der Waals surface area contributed by atoms with Crippen LogP contribution < -0.4 is 10.5 Å². The summed E-state index contributed by atoms with van der Waals surface area (Å²) in [4.78, 5) is 2.75. The Morgan fingerprint density at radius 3 is 2.71 bits per heavy atom. The van der Waals surface area contributed by atoms with Gasteiger partial charge in [-0.15, -0.1) is 0 Å². The van der Waals surface area contributed by atoms with Gasteiger partial charge in [-0.1, -0.05) is 0 Å². The van der Waals surface area contributed by atoms with Crippen LogP contribution in [0.1, 0.15) is 6.42 Å². The normalized spacial score (nSPS) is 12.7. The van der Waals surface area contributed by atoms with Crippen LogP contribution in [0.5, 0.6) is 5.75 Å². The molecule has 1 unspecified atom stereocenters. The highest BCUT2D eigenvalue weighted by molar-refractivity contribution is 7.85. The highest BCUT2D eigenvalue weighted by Gasteiger charge is 2.09. The minimum atomic E-state index is -1.05. The molecule has 0 radical (unpaired) electrons. The number of nitrogen functional groups attached to an aromatic ring is 1. The lowest BCUT2D eigenvalue weighted by atomic mass is 10.3. The number of nitrogens with zero attached hydrogens (tertiary/aromatic N) is 1. The Bertz CT molecular complexity index is 394. The highest BCUT2D eigenvalue weighted by Crippen LogP contribution is 2.23. The molecule has 0 fully saturated rings. The summed E-state index contributed by atoms with van der Waals surface area (Å²) < 4.78 is 17.2. The van der Waals surface area contributed by atoms with Gasteiger partial charge in [-0.2, -0.15) is 0 Å². The lowest BCUT2D eigenvalue weighted by molar-refractivity contribution is 0.409. The van der Waals surface area contributed by atoms with Crippen LogP contribution in [-0.4, -0.2) is 42.6 Å². The van der Waals surface area contributed by atoms with Crippen molar-refractivity contribution in [2.24, 2.45) is 0 Å². The summed E-state index contributed by atoms with van der Waals surface area (Å²) in [5.41, 5.74) is 6.38. The van der Waals surface area contributed by atoms with Crippen molar-refractivity contribution in [3.05, 3.63) is 18.2 Å². The Labute approximate surface area is 105 Å². The molecule has 0 amide bonds. The van der Waals surface area contributed by atoms with Crippen LogP contribution in [0.2, 0.25) is 0 Å². The zero-order valence-corrected chi connectivity index (χ0v) is 11.4. The third-order valence-corrected chi connectivity index (χ3v) is 3.90. The summed E-state index contributed by atoms with van der Waals surface area (Å²) in [6.45, 7) is 0.926. The van der Waals surface area contributed by atoms with Crippen molar-refractivity contribution in [2.75, 3.05) is 39.2 Å². The van der Waals surface area contributed by atoms with Gasteiger partial charge in [-0.25, -0.2) is 0 Å². The van der Waals surface area contributed by atoms with E-state index in [1.807, 2.05) is 14.1 Å². The van der Waals surface area contributed by atoms with E-state index in [4.69, 9.17) is 10.5 Å². The number of ether oxygens (including phenoxy) is 1. The summed E-state index contributed by atoms with van der Waals surface area (Å²) in [7, 11) is 4.54. The zero-order valence-electron chi connectivity index (χ0n) is 10.6. The first-order valence-corrected chi connectivity index (χ1v) is 6.83. The molecular weight excluding hydrogens is 236 g/mol. The smallest absolute Gasteiger partial charge is 0.120 e. The number of anilines is 1. The minimum Gasteiger partial charge on any atom is -0.497 e. The molecule has 0 spiro atoms. The zero-order chi connectivity index (χ0) is 12.8. The predicted molar refractivity (Wildman–Crippen MR) is 71.9 cm³/mol. The molecule has 0 bridgehead atoms. The highest BCUT2D eigenvalue weighted by atomic mass is 32.2. The van der Waals surface area contributed by atoms with E-state index in [0.717, 1.165) is 13.0 Å². The SMILES string of the molecule is COc1ccc(N)c(S(=O)CCCN(C)C)c1. The molecule has 0 aromatic heterocycles. The van der Waals surface area contributed by atoms with Crippen molar-refractivity contribution >= 4 is 16.5 Å². The fraction of sp³-hybridized carbons (Fsp3) is 0.500. The van der Waals surface area contributed by atoms with Gasteiger partial charge in [0.05, 0.1) is 22.8 Å². The van der Waals surface area contributed by atoms with Crippen LogP contribution in [-0.2, 0) is 10.8 Å². The van der Waals surface area contributed by atoms with E-state index in [9.17, 15) is 4.21 Å². The first-order chi connectivity index (χ1) is 8.04. The molecule has 0 aliphatic carbocycles. The minimum absolute atomic E-state index is 0.564. The van der Waals surface area contributed by atoms with Crippen LogP contribution in [0.25, 0.3) is 0 Å². The summed E-state index contributed by atoms with van der Waals surface area (Å²) in [6.07, 6.45) is 0.885. The summed E-state index contributed by atoms with van der Waals surface area (Å²) in [6, 6.07) is 5.26. The number of rotatable bonds is 6. The van der Waals surface area contributed by atoms with E-state index >= 15 is 0 Å². The molecule has 17 heavy (non-hydrogen) atoms. The molecule has 1 rings (SSSR count). The molecule has 1 aromatic rings. The Morgan fingerprint density at radius 1 is 1.41 bits per heavy atom. The molecule has 0 saturated carbocycles. The average Bonchev–Trinajstić information content (AvgIpc) is 2.29. The molecule has 0 aliphatic heterocycles. The first-order valence-electron chi connectivity index (χ1n) is 5.51. The summed E-state index contributed by atoms with van der Waals surface area (Å²) in [5.74, 6) is 1.31. The number of hydrogen-bond donors (Lipinski definition) is 1. The van der Waals surface area contributed by atoms with Crippen LogP contribution in [0.4, 0.5) is 5.69 Å². The van der Waals surface area contributed by atoms with E-state index < -0.39 is 10.8 Å². The molecule has 0 aliphatic rings. The van der Waals surface area contributed by atoms with Gasteiger partial charge in [0, 0.05) is 11.4 Å². The van der Waals surface area contributed by atoms with Crippen LogP contribution in [0.3, 0.4) is 0 Å². The maximum atomic E-state index is 12.1. The lowest BCUT2D eigenvalue weighted by Crippen LogP contribution is -2.15. The van der Waals surface area contributed by atoms with Crippen molar-refractivity contribution < 1.29 is 8.95 Å². The van der Waals surface area contributed by atoms with Crippen LogP contribution >= 0.6 is 0 Å². The number of methoxy groups -OCH3 is 1. The van der Waals surface area contributed by atoms with E-state index in [1.54, 1.807) is 25.3 Å². The van der Waals surface area contributed by atoms with Crippen molar-refractivity contribution in [3.8, 4) is 5.75 Å². The standard InChI is InChI=1S/C12H20N2O2S/c1-14(2)7-4-8-17(15)12-9-10(16-3)5-6-11(12)13/h5-6,9H,4,7-8,13H2,1-3H3. The molecule has 96 valence electrons. The number of nitrogens with two attached hydrogens (primary N) is 1. The van der Waals surface area contributed by atoms with E-state index in [1.165, 1.54) is 0 Å².